The van der Waals surface area contributed by atoms with Crippen LogP contribution in [0.2, 0.25) is 0 Å². The zero-order valence-corrected chi connectivity index (χ0v) is 25.7. The summed E-state index contributed by atoms with van der Waals surface area (Å²) in [6, 6.07) is 0. The molecule has 0 N–H and O–H groups in total. The Balaban J connectivity index is 0. The Hall–Kier alpha value is 7.99. The molecule has 0 nitrogen and oxygen atoms in total. The maximum absolute atomic E-state index is 0. The zero-order chi connectivity index (χ0) is 0. The van der Waals surface area contributed by atoms with Crippen LogP contribution in [0.5, 0.6) is 0 Å². The zero-order valence-electron chi connectivity index (χ0n) is 8.20. The van der Waals surface area contributed by atoms with Crippen LogP contribution in [0.1, 0.15) is 19.1 Å². The molecule has 13 heavy (non-hydrogen) atoms. The minimum atomic E-state index is 0. The van der Waals surface area contributed by atoms with Crippen LogP contribution < -0.4 is 103 Å². The van der Waals surface area contributed by atoms with Gasteiger partial charge in [-0.1, -0.05) is 14.9 Å². The maximum Gasteiger partial charge on any atom is 1.00 e. The molecule has 83 valence electrons. The molecule has 3 radical (unpaired) electrons. The maximum atomic E-state index is 0. The molecule has 0 bridgehead atoms. The standard InChI is InChI=1S/2CH4.FH.2HI.2K.3H2S.2V.Y.H2.2H/h2*1H4;3*1H;;;3*1H2;;;;1H;;/q;;;;;2*+1;;;;;;;;2*-1. The smallest absolute Gasteiger partial charge is 1.00 e. The van der Waals surface area contributed by atoms with Crippen LogP contribution in [0.25, 0.3) is 0 Å². The third-order valence-electron chi connectivity index (χ3n) is 0. The van der Waals surface area contributed by atoms with E-state index in [0.717, 1.165) is 0 Å². The van der Waals surface area contributed by atoms with Gasteiger partial charge < -0.3 is 2.85 Å². The first-order valence-electron chi connectivity index (χ1n) is 0. The molecule has 0 spiro atoms. The molecule has 0 aliphatic heterocycles. The minimum Gasteiger partial charge on any atom is -1.00 e. The van der Waals surface area contributed by atoms with E-state index in [4.69, 9.17) is 0 Å². The Morgan fingerprint density at radius 3 is 0.692 bits per heavy atom. The SMILES string of the molecule is C.C.F.I.I.S.S.S.[H-].[H-].[HH].[K+].[K+].[V].[V].[Y]. The summed E-state index contributed by atoms with van der Waals surface area (Å²) in [6.45, 7) is 0. The van der Waals surface area contributed by atoms with Gasteiger partial charge in [0.2, 0.25) is 0 Å². The Kier molecular flexibility index (Phi) is 1140. The van der Waals surface area contributed by atoms with Crippen molar-refractivity contribution >= 4 is 88.4 Å². The molecular weight excluding hydrogens is 662 g/mol. The third-order valence-corrected chi connectivity index (χ3v) is 0. The summed E-state index contributed by atoms with van der Waals surface area (Å²) < 4.78 is 0. The van der Waals surface area contributed by atoms with Crippen molar-refractivity contribution in [3.63, 3.8) is 0 Å². The third kappa shape index (κ3) is 101. The van der Waals surface area contributed by atoms with Crippen molar-refractivity contribution in [3.8, 4) is 0 Å². The Bertz CT molecular complexity index is 46.5. The second kappa shape index (κ2) is 113. The molecule has 0 aliphatic carbocycles. The molecule has 0 saturated heterocycles. The molecule has 0 atom stereocenters. The summed E-state index contributed by atoms with van der Waals surface area (Å²) in [6.07, 6.45) is 0. The first-order valence-corrected chi connectivity index (χ1v) is 0. The van der Waals surface area contributed by atoms with E-state index >= 15 is 0 Å². The fourth-order valence-electron chi connectivity index (χ4n) is 0. The summed E-state index contributed by atoms with van der Waals surface area (Å²) >= 11 is 0. The largest absolute Gasteiger partial charge is 1.00 e. The van der Waals surface area contributed by atoms with Crippen molar-refractivity contribution in [1.82, 2.24) is 0 Å². The number of hydrogen-bond acceptors (Lipinski definition) is 0. The van der Waals surface area contributed by atoms with Gasteiger partial charge in [-0.05, 0) is 0 Å². The van der Waals surface area contributed by atoms with Gasteiger partial charge in [-0.25, -0.2) is 0 Å². The van der Waals surface area contributed by atoms with Gasteiger partial charge in [-0.3, -0.25) is 4.70 Å². The average Bonchev–Trinajstić information content (AvgIpc) is 0. The van der Waals surface area contributed by atoms with Crippen LogP contribution in [-0.4, -0.2) is 0 Å². The van der Waals surface area contributed by atoms with Gasteiger partial charge in [0.1, 0.15) is 0 Å². The van der Waals surface area contributed by atoms with E-state index in [1.54, 1.807) is 0 Å². The molecule has 0 unspecified atom stereocenters. The van der Waals surface area contributed by atoms with Gasteiger partial charge in [-0.2, -0.15) is 40.5 Å². The number of hydrogen-bond donors (Lipinski definition) is 0. The normalized spacial score (nSPS) is 0. The second-order valence-corrected chi connectivity index (χ2v) is 0. The fraction of sp³-hybridized carbons (Fsp3) is 1.00. The number of halogens is 3. The fourth-order valence-corrected chi connectivity index (χ4v) is 0. The van der Waals surface area contributed by atoms with Gasteiger partial charge in [0.05, 0.1) is 0 Å². The molecule has 0 rings (SSSR count). The van der Waals surface area contributed by atoms with Crippen LogP contribution in [0.15, 0.2) is 0 Å². The summed E-state index contributed by atoms with van der Waals surface area (Å²) in [5, 5.41) is 0. The molecule has 11 heteroatoms. The summed E-state index contributed by atoms with van der Waals surface area (Å²) in [5.74, 6) is 0. The number of rotatable bonds is 0. The minimum absolute atomic E-state index is 0. The van der Waals surface area contributed by atoms with Crippen molar-refractivity contribution in [1.29, 1.82) is 0 Å². The van der Waals surface area contributed by atoms with Crippen molar-refractivity contribution < 1.29 is 182 Å². The molecular formula is C2H21FI2K2S3V2Y. The molecule has 0 amide bonds. The van der Waals surface area contributed by atoms with E-state index in [0.29, 0.717) is 0 Å². The molecule has 0 aliphatic rings. The van der Waals surface area contributed by atoms with Gasteiger partial charge in [0, 0.05) is 71.2 Å². The summed E-state index contributed by atoms with van der Waals surface area (Å²) in [5.41, 5.74) is 0. The summed E-state index contributed by atoms with van der Waals surface area (Å²) in [4.78, 5) is 0. The van der Waals surface area contributed by atoms with Crippen LogP contribution in [-0.2, 0) is 69.8 Å². The Morgan fingerprint density at radius 2 is 0.692 bits per heavy atom. The molecule has 0 aromatic rings. The van der Waals surface area contributed by atoms with Crippen molar-refractivity contribution in [3.05, 3.63) is 0 Å². The van der Waals surface area contributed by atoms with Crippen molar-refractivity contribution in [2.24, 2.45) is 0 Å². The molecule has 0 saturated carbocycles. The van der Waals surface area contributed by atoms with Crippen LogP contribution in [0.4, 0.5) is 4.70 Å². The molecule has 0 aromatic carbocycles. The molecule has 0 fully saturated rings. The average molecular weight is 683 g/mol. The van der Waals surface area contributed by atoms with Gasteiger partial charge in [-0.15, -0.1) is 48.0 Å². The predicted octanol–water partition coefficient (Wildman–Crippen LogP) is -2.53. The first kappa shape index (κ1) is 131. The second-order valence-electron chi connectivity index (χ2n) is 0. The van der Waals surface area contributed by atoms with E-state index in [-0.39, 0.29) is 285 Å². The topological polar surface area (TPSA) is 0 Å². The Morgan fingerprint density at radius 1 is 0.692 bits per heavy atom. The quantitative estimate of drug-likeness (QED) is 0.196. The first-order chi connectivity index (χ1) is 0. The van der Waals surface area contributed by atoms with Crippen LogP contribution >= 0.6 is 88.4 Å². The monoisotopic (exact) mass is 683 g/mol. The van der Waals surface area contributed by atoms with E-state index in [1.807, 2.05) is 0 Å². The van der Waals surface area contributed by atoms with Gasteiger partial charge in [0.15, 0.2) is 0 Å². The van der Waals surface area contributed by atoms with Crippen molar-refractivity contribution in [2.45, 2.75) is 14.9 Å². The van der Waals surface area contributed by atoms with E-state index in [9.17, 15) is 0 Å². The Labute approximate surface area is 276 Å². The van der Waals surface area contributed by atoms with Crippen molar-refractivity contribution in [2.75, 3.05) is 0 Å². The predicted molar refractivity (Wildman–Crippen MR) is 82.3 cm³/mol. The van der Waals surface area contributed by atoms with E-state index < -0.39 is 0 Å². The van der Waals surface area contributed by atoms with Gasteiger partial charge >= 0.3 is 103 Å². The molecule has 0 aromatic heterocycles. The van der Waals surface area contributed by atoms with Gasteiger partial charge in [0.25, 0.3) is 0 Å². The van der Waals surface area contributed by atoms with E-state index in [1.165, 1.54) is 0 Å². The van der Waals surface area contributed by atoms with Crippen LogP contribution in [0.3, 0.4) is 0 Å². The van der Waals surface area contributed by atoms with E-state index in [2.05, 4.69) is 0 Å². The molecule has 0 heterocycles. The summed E-state index contributed by atoms with van der Waals surface area (Å²) in [7, 11) is 0. The van der Waals surface area contributed by atoms with Crippen LogP contribution in [0, 0.1) is 0 Å².